The van der Waals surface area contributed by atoms with Crippen molar-refractivity contribution in [2.75, 3.05) is 0 Å². The van der Waals surface area contributed by atoms with Gasteiger partial charge in [-0.25, -0.2) is 0 Å². The fourth-order valence-corrected chi connectivity index (χ4v) is 2.56. The molecule has 0 amide bonds. The van der Waals surface area contributed by atoms with Crippen molar-refractivity contribution in [3.8, 4) is 0 Å². The van der Waals surface area contributed by atoms with E-state index in [1.807, 2.05) is 22.6 Å². The molecule has 0 fully saturated rings. The summed E-state index contributed by atoms with van der Waals surface area (Å²) in [4.78, 5) is 0. The second-order valence-corrected chi connectivity index (χ2v) is 9.98. The van der Waals surface area contributed by atoms with E-state index in [1.54, 1.807) is 0 Å². The van der Waals surface area contributed by atoms with Gasteiger partial charge in [0.05, 0.1) is 3.58 Å². The molecule has 0 aliphatic rings. The third-order valence-electron chi connectivity index (χ3n) is 1.86. The highest BCUT2D eigenvalue weighted by atomic mass is 127. The highest BCUT2D eigenvalue weighted by Gasteiger charge is 2.28. The third-order valence-corrected chi connectivity index (χ3v) is 7.49. The van der Waals surface area contributed by atoms with Crippen LogP contribution in [0.15, 0.2) is 9.53 Å². The number of halogens is 3. The minimum atomic E-state index is -0.537. The lowest BCUT2D eigenvalue weighted by atomic mass is 10.1. The van der Waals surface area contributed by atoms with Gasteiger partial charge < -0.3 is 10.2 Å². The molecule has 5 heteroatoms. The number of allylic oxidation sites excluding steroid dienone is 1. The molecule has 0 spiro atoms. The molecule has 0 heterocycles. The zero-order valence-corrected chi connectivity index (χ0v) is 14.5. The largest absolute Gasteiger partial charge is 0.481 e. The number of alkyl halides is 2. The maximum atomic E-state index is 8.98. The Morgan fingerprint density at radius 1 is 1.14 bits per heavy atom. The predicted molar refractivity (Wildman–Crippen MR) is 85.8 cm³/mol. The van der Waals surface area contributed by atoms with Crippen LogP contribution in [0.25, 0.3) is 0 Å². The van der Waals surface area contributed by atoms with E-state index in [2.05, 4.69) is 52.1 Å². The van der Waals surface area contributed by atoms with E-state index in [-0.39, 0.29) is 1.43 Å². The summed E-state index contributed by atoms with van der Waals surface area (Å²) < 4.78 is 0.468. The molecular formula is C9H15I3O2. The van der Waals surface area contributed by atoms with Gasteiger partial charge in [-0.05, 0) is 29.0 Å². The molecule has 0 atom stereocenters. The molecule has 0 aromatic carbocycles. The predicted octanol–water partition coefficient (Wildman–Crippen LogP) is 5.24. The Hall–Kier alpha value is 1.53. The van der Waals surface area contributed by atoms with E-state index in [0.29, 0.717) is 3.58 Å². The van der Waals surface area contributed by atoms with Crippen molar-refractivity contribution in [1.29, 1.82) is 0 Å². The molecule has 0 saturated carbocycles. The lowest BCUT2D eigenvalue weighted by molar-refractivity contribution is 0.188. The van der Waals surface area contributed by atoms with Gasteiger partial charge in [0.25, 0.3) is 5.95 Å². The van der Waals surface area contributed by atoms with Crippen molar-refractivity contribution in [3.63, 3.8) is 0 Å². The molecule has 14 heavy (non-hydrogen) atoms. The second kappa shape index (κ2) is 7.75. The van der Waals surface area contributed by atoms with E-state index >= 15 is 0 Å². The van der Waals surface area contributed by atoms with E-state index in [0.717, 1.165) is 12.8 Å². The number of aliphatic hydroxyl groups is 2. The monoisotopic (exact) mass is 536 g/mol. The van der Waals surface area contributed by atoms with Crippen LogP contribution >= 0.6 is 67.8 Å². The zero-order valence-electron chi connectivity index (χ0n) is 8.06. The Labute approximate surface area is 126 Å². The Morgan fingerprint density at radius 3 is 2.14 bits per heavy atom. The van der Waals surface area contributed by atoms with Crippen LogP contribution in [0, 0.1) is 0 Å². The van der Waals surface area contributed by atoms with Crippen LogP contribution in [-0.4, -0.2) is 11.6 Å². The molecule has 0 aliphatic heterocycles. The number of hydrogen-bond donors (Lipinski definition) is 2. The van der Waals surface area contributed by atoms with Gasteiger partial charge in [-0.2, -0.15) is 0 Å². The van der Waals surface area contributed by atoms with Crippen molar-refractivity contribution in [1.82, 2.24) is 0 Å². The Balaban J connectivity index is 4.02. The Morgan fingerprint density at radius 2 is 1.71 bits per heavy atom. The highest BCUT2D eigenvalue weighted by molar-refractivity contribution is 14.2. The first-order valence-corrected chi connectivity index (χ1v) is 7.81. The van der Waals surface area contributed by atoms with Crippen LogP contribution in [0.2, 0.25) is 0 Å². The summed E-state index contributed by atoms with van der Waals surface area (Å²) in [5, 5.41) is 18.0. The van der Waals surface area contributed by atoms with Gasteiger partial charge in [-0.3, -0.25) is 0 Å². The van der Waals surface area contributed by atoms with Crippen molar-refractivity contribution < 1.29 is 10.2 Å². The lowest BCUT2D eigenvalue weighted by Gasteiger charge is -2.19. The van der Waals surface area contributed by atoms with Crippen LogP contribution in [0.3, 0.4) is 0 Å². The van der Waals surface area contributed by atoms with Crippen molar-refractivity contribution >= 4 is 67.8 Å². The van der Waals surface area contributed by atoms with Crippen LogP contribution in [0.5, 0.6) is 0 Å². The summed E-state index contributed by atoms with van der Waals surface area (Å²) in [6.45, 7) is 2.19. The molecule has 84 valence electrons. The summed E-state index contributed by atoms with van der Waals surface area (Å²) >= 11 is 6.54. The first kappa shape index (κ1) is 15.5. The van der Waals surface area contributed by atoms with E-state index < -0.39 is 5.95 Å². The molecule has 0 bridgehead atoms. The van der Waals surface area contributed by atoms with Gasteiger partial charge in [-0.1, -0.05) is 77.8 Å². The number of hydrogen-bond acceptors (Lipinski definition) is 2. The minimum Gasteiger partial charge on any atom is -0.481 e. The van der Waals surface area contributed by atoms with Gasteiger partial charge in [0.1, 0.15) is 1.43 Å². The zero-order chi connectivity index (χ0) is 11.2. The quantitative estimate of drug-likeness (QED) is 0.211. The van der Waals surface area contributed by atoms with Crippen molar-refractivity contribution in [2.24, 2.45) is 0 Å². The highest BCUT2D eigenvalue weighted by Crippen LogP contribution is 2.44. The molecule has 0 saturated heterocycles. The molecule has 2 nitrogen and oxygen atoms in total. The van der Waals surface area contributed by atoms with Crippen LogP contribution in [0.1, 0.15) is 39.0 Å². The smallest absolute Gasteiger partial charge is 0.286 e. The van der Waals surface area contributed by atoms with E-state index in [4.69, 9.17) is 10.2 Å². The fourth-order valence-electron chi connectivity index (χ4n) is 1.05. The molecule has 0 aromatic rings. The topological polar surface area (TPSA) is 40.5 Å². The van der Waals surface area contributed by atoms with E-state index in [9.17, 15) is 0 Å². The average molecular weight is 536 g/mol. The summed E-state index contributed by atoms with van der Waals surface area (Å²) in [6.07, 6.45) is 5.83. The van der Waals surface area contributed by atoms with Crippen molar-refractivity contribution in [3.05, 3.63) is 9.53 Å². The SMILES string of the molecule is CCCCCCC(I)(I)C(I)=C(O)O. The van der Waals surface area contributed by atoms with Gasteiger partial charge in [0, 0.05) is 0 Å². The lowest BCUT2D eigenvalue weighted by Crippen LogP contribution is -2.12. The van der Waals surface area contributed by atoms with Gasteiger partial charge in [0.2, 0.25) is 0 Å². The Bertz CT molecular complexity index is 198. The van der Waals surface area contributed by atoms with E-state index in [1.165, 1.54) is 19.3 Å². The van der Waals surface area contributed by atoms with Gasteiger partial charge >= 0.3 is 0 Å². The standard InChI is InChI=1S/C9H15I3O2/c1-2-3-4-5-6-9(11,12)7(10)8(13)14/h13-14H,2-6H2,1H3. The number of aliphatic hydroxyl groups excluding tert-OH is 1. The summed E-state index contributed by atoms with van der Waals surface area (Å²) in [5.74, 6) is -0.537. The first-order valence-electron chi connectivity index (χ1n) is 4.57. The maximum absolute atomic E-state index is 8.98. The number of unbranched alkanes of at least 4 members (excludes halogenated alkanes) is 3. The van der Waals surface area contributed by atoms with Gasteiger partial charge in [0.15, 0.2) is 0 Å². The van der Waals surface area contributed by atoms with Crippen molar-refractivity contribution in [2.45, 2.75) is 40.5 Å². The minimum absolute atomic E-state index is 0.164. The first-order chi connectivity index (χ1) is 6.41. The third kappa shape index (κ3) is 6.19. The summed E-state index contributed by atoms with van der Waals surface area (Å²) in [6, 6.07) is 0. The van der Waals surface area contributed by atoms with Crippen LogP contribution in [-0.2, 0) is 0 Å². The molecule has 0 aromatic heterocycles. The molecule has 0 aliphatic carbocycles. The number of rotatable bonds is 6. The molecule has 2 N–H and O–H groups in total. The normalized spacial score (nSPS) is 11.4. The Kier molecular flexibility index (Phi) is 8.59. The average Bonchev–Trinajstić information content (AvgIpc) is 2.11. The molecule has 0 unspecified atom stereocenters. The maximum Gasteiger partial charge on any atom is 0.286 e. The second-order valence-electron chi connectivity index (χ2n) is 3.15. The van der Waals surface area contributed by atoms with Crippen LogP contribution in [0.4, 0.5) is 0 Å². The molecule has 0 radical (unpaired) electrons. The van der Waals surface area contributed by atoms with Crippen LogP contribution < -0.4 is 0 Å². The summed E-state index contributed by atoms with van der Waals surface area (Å²) in [7, 11) is 0. The van der Waals surface area contributed by atoms with Gasteiger partial charge in [-0.15, -0.1) is 0 Å². The fraction of sp³-hybridized carbons (Fsp3) is 0.778. The summed E-state index contributed by atoms with van der Waals surface area (Å²) in [5.41, 5.74) is 0. The molecular weight excluding hydrogens is 521 g/mol. The molecule has 0 rings (SSSR count).